The van der Waals surface area contributed by atoms with Crippen molar-refractivity contribution in [2.75, 3.05) is 52.6 Å². The van der Waals surface area contributed by atoms with Crippen LogP contribution in [0.2, 0.25) is 0 Å². The first kappa shape index (κ1) is 22.9. The first-order valence-electron chi connectivity index (χ1n) is 9.69. The summed E-state index contributed by atoms with van der Waals surface area (Å²) < 4.78 is 11.4. The summed E-state index contributed by atoms with van der Waals surface area (Å²) in [7, 11) is 0. The number of carbonyl (C=O) groups is 2. The molecule has 0 aromatic carbocycles. The molecule has 0 aromatic rings. The van der Waals surface area contributed by atoms with Crippen LogP contribution in [0.1, 0.15) is 54.4 Å². The molecule has 1 saturated heterocycles. The third-order valence-corrected chi connectivity index (χ3v) is 4.09. The highest BCUT2D eigenvalue weighted by Gasteiger charge is 2.23. The fourth-order valence-electron chi connectivity index (χ4n) is 2.76. The van der Waals surface area contributed by atoms with Crippen LogP contribution in [0.15, 0.2) is 0 Å². The predicted molar refractivity (Wildman–Crippen MR) is 103 cm³/mol. The minimum atomic E-state index is -0.0313. The average molecular weight is 371 g/mol. The number of hydrogen-bond donors (Lipinski definition) is 0. The quantitative estimate of drug-likeness (QED) is 0.750. The molecule has 1 aliphatic heterocycles. The lowest BCUT2D eigenvalue weighted by atomic mass is 9.91. The highest BCUT2D eigenvalue weighted by Crippen LogP contribution is 2.20. The molecule has 26 heavy (non-hydrogen) atoms. The predicted octanol–water partition coefficient (Wildman–Crippen LogP) is 2.56. The molecule has 6 heteroatoms. The van der Waals surface area contributed by atoms with Gasteiger partial charge in [-0.15, -0.1) is 0 Å². The molecule has 0 saturated carbocycles. The Morgan fingerprint density at radius 2 is 0.923 bits per heavy atom. The van der Waals surface area contributed by atoms with E-state index in [1.807, 2.05) is 9.80 Å². The second-order valence-corrected chi connectivity index (χ2v) is 9.46. The van der Waals surface area contributed by atoms with Gasteiger partial charge in [0.1, 0.15) is 0 Å². The zero-order valence-electron chi connectivity index (χ0n) is 17.6. The molecule has 0 radical (unpaired) electrons. The molecule has 1 rings (SSSR count). The van der Waals surface area contributed by atoms with E-state index in [1.165, 1.54) is 0 Å². The fourth-order valence-corrected chi connectivity index (χ4v) is 2.76. The van der Waals surface area contributed by atoms with Crippen LogP contribution in [0.25, 0.3) is 0 Å². The Morgan fingerprint density at radius 3 is 1.15 bits per heavy atom. The molecule has 2 amide bonds. The van der Waals surface area contributed by atoms with Gasteiger partial charge in [-0.3, -0.25) is 9.59 Å². The largest absolute Gasteiger partial charge is 0.378 e. The summed E-state index contributed by atoms with van der Waals surface area (Å²) >= 11 is 0. The zero-order chi connectivity index (χ0) is 19.8. The van der Waals surface area contributed by atoms with Gasteiger partial charge in [0.2, 0.25) is 11.8 Å². The van der Waals surface area contributed by atoms with E-state index in [0.717, 1.165) is 0 Å². The maximum absolute atomic E-state index is 12.5. The second-order valence-electron chi connectivity index (χ2n) is 9.46. The maximum Gasteiger partial charge on any atom is 0.223 e. The van der Waals surface area contributed by atoms with Gasteiger partial charge in [0.15, 0.2) is 0 Å². The Bertz CT molecular complexity index is 398. The van der Waals surface area contributed by atoms with Gasteiger partial charge in [-0.25, -0.2) is 0 Å². The van der Waals surface area contributed by atoms with Crippen LogP contribution in [-0.2, 0) is 19.1 Å². The normalized spacial score (nSPS) is 18.8. The lowest BCUT2D eigenvalue weighted by molar-refractivity contribution is -0.136. The van der Waals surface area contributed by atoms with Gasteiger partial charge < -0.3 is 19.3 Å². The van der Waals surface area contributed by atoms with E-state index < -0.39 is 0 Å². The Kier molecular flexibility index (Phi) is 9.04. The molecule has 0 bridgehead atoms. The van der Waals surface area contributed by atoms with E-state index in [1.54, 1.807) is 0 Å². The minimum Gasteiger partial charge on any atom is -0.378 e. The topological polar surface area (TPSA) is 59.1 Å². The van der Waals surface area contributed by atoms with Crippen LogP contribution < -0.4 is 0 Å². The molecule has 0 atom stereocenters. The number of nitrogens with zero attached hydrogens (tertiary/aromatic N) is 2. The summed E-state index contributed by atoms with van der Waals surface area (Å²) in [6, 6.07) is 0. The Labute approximate surface area is 159 Å². The Morgan fingerprint density at radius 1 is 0.654 bits per heavy atom. The molecule has 0 N–H and O–H groups in total. The van der Waals surface area contributed by atoms with Crippen molar-refractivity contribution in [1.82, 2.24) is 9.80 Å². The molecule has 0 unspecified atom stereocenters. The van der Waals surface area contributed by atoms with Crippen LogP contribution in [0.5, 0.6) is 0 Å². The standard InChI is InChI=1S/C20H38N2O4/c1-19(2,3)15-17(23)21-7-11-25-13-9-22(10-14-26-12-8-21)18(24)16-20(4,5)6/h7-16H2,1-6H3. The molecule has 1 heterocycles. The SMILES string of the molecule is CC(C)(C)CC(=O)N1CCOCCN(C(=O)CC(C)(C)C)CCOCC1. The summed E-state index contributed by atoms with van der Waals surface area (Å²) in [6.45, 7) is 16.6. The summed E-state index contributed by atoms with van der Waals surface area (Å²) in [5.41, 5.74) is -0.0627. The molecule has 1 fully saturated rings. The van der Waals surface area contributed by atoms with Crippen LogP contribution in [0, 0.1) is 10.8 Å². The van der Waals surface area contributed by atoms with Crippen molar-refractivity contribution in [1.29, 1.82) is 0 Å². The maximum atomic E-state index is 12.5. The van der Waals surface area contributed by atoms with E-state index in [0.29, 0.717) is 65.4 Å². The first-order chi connectivity index (χ1) is 12.0. The third kappa shape index (κ3) is 10.1. The molecule has 1 aliphatic rings. The van der Waals surface area contributed by atoms with Gasteiger partial charge in [0.05, 0.1) is 26.4 Å². The van der Waals surface area contributed by atoms with Gasteiger partial charge >= 0.3 is 0 Å². The summed E-state index contributed by atoms with van der Waals surface area (Å²) in [5.74, 6) is 0.285. The van der Waals surface area contributed by atoms with Crippen molar-refractivity contribution in [2.45, 2.75) is 54.4 Å². The van der Waals surface area contributed by atoms with Gasteiger partial charge in [-0.1, -0.05) is 41.5 Å². The number of hydrogen-bond acceptors (Lipinski definition) is 4. The van der Waals surface area contributed by atoms with E-state index in [9.17, 15) is 9.59 Å². The van der Waals surface area contributed by atoms with Crippen molar-refractivity contribution < 1.29 is 19.1 Å². The van der Waals surface area contributed by atoms with Gasteiger partial charge in [-0.05, 0) is 10.8 Å². The fraction of sp³-hybridized carbons (Fsp3) is 0.900. The van der Waals surface area contributed by atoms with Crippen molar-refractivity contribution in [3.05, 3.63) is 0 Å². The lowest BCUT2D eigenvalue weighted by Crippen LogP contribution is -2.41. The van der Waals surface area contributed by atoms with Crippen molar-refractivity contribution in [3.63, 3.8) is 0 Å². The van der Waals surface area contributed by atoms with Gasteiger partial charge in [0, 0.05) is 39.0 Å². The van der Waals surface area contributed by atoms with Gasteiger partial charge in [0.25, 0.3) is 0 Å². The molecule has 6 nitrogen and oxygen atoms in total. The number of amides is 2. The smallest absolute Gasteiger partial charge is 0.223 e. The van der Waals surface area contributed by atoms with Crippen molar-refractivity contribution >= 4 is 11.8 Å². The van der Waals surface area contributed by atoms with E-state index in [-0.39, 0.29) is 22.6 Å². The van der Waals surface area contributed by atoms with Crippen LogP contribution >= 0.6 is 0 Å². The van der Waals surface area contributed by atoms with Gasteiger partial charge in [-0.2, -0.15) is 0 Å². The summed E-state index contributed by atoms with van der Waals surface area (Å²) in [5, 5.41) is 0. The molecule has 152 valence electrons. The second kappa shape index (κ2) is 10.3. The molecular weight excluding hydrogens is 332 g/mol. The van der Waals surface area contributed by atoms with E-state index >= 15 is 0 Å². The lowest BCUT2D eigenvalue weighted by Gasteiger charge is -2.29. The third-order valence-electron chi connectivity index (χ3n) is 4.09. The average Bonchev–Trinajstić information content (AvgIpc) is 2.43. The van der Waals surface area contributed by atoms with Crippen molar-refractivity contribution in [2.24, 2.45) is 10.8 Å². The van der Waals surface area contributed by atoms with Crippen LogP contribution in [0.3, 0.4) is 0 Å². The monoisotopic (exact) mass is 370 g/mol. The summed E-state index contributed by atoms with van der Waals surface area (Å²) in [4.78, 5) is 28.6. The molecule has 0 aromatic heterocycles. The highest BCUT2D eigenvalue weighted by molar-refractivity contribution is 5.77. The number of ether oxygens (including phenoxy) is 2. The first-order valence-corrected chi connectivity index (χ1v) is 9.69. The Balaban J connectivity index is 2.54. The number of rotatable bonds is 2. The molecule has 0 spiro atoms. The highest BCUT2D eigenvalue weighted by atomic mass is 16.5. The Hall–Kier alpha value is -1.14. The van der Waals surface area contributed by atoms with Crippen LogP contribution in [-0.4, -0.2) is 74.2 Å². The van der Waals surface area contributed by atoms with E-state index in [4.69, 9.17) is 9.47 Å². The zero-order valence-corrected chi connectivity index (χ0v) is 17.6. The summed E-state index contributed by atoms with van der Waals surface area (Å²) in [6.07, 6.45) is 1.03. The number of carbonyl (C=O) groups excluding carboxylic acids is 2. The minimum absolute atomic E-state index is 0.0313. The van der Waals surface area contributed by atoms with Crippen molar-refractivity contribution in [3.8, 4) is 0 Å². The molecular formula is C20H38N2O4. The van der Waals surface area contributed by atoms with E-state index in [2.05, 4.69) is 41.5 Å². The molecule has 0 aliphatic carbocycles. The van der Waals surface area contributed by atoms with Crippen LogP contribution in [0.4, 0.5) is 0 Å².